The summed E-state index contributed by atoms with van der Waals surface area (Å²) in [6.45, 7) is 0. The van der Waals surface area contributed by atoms with E-state index in [9.17, 15) is 10.2 Å². The van der Waals surface area contributed by atoms with Gasteiger partial charge >= 0.3 is 0 Å². The Morgan fingerprint density at radius 2 is 1.81 bits per heavy atom. The van der Waals surface area contributed by atoms with E-state index in [1.54, 1.807) is 25.3 Å². The van der Waals surface area contributed by atoms with Gasteiger partial charge < -0.3 is 14.9 Å². The van der Waals surface area contributed by atoms with Gasteiger partial charge in [-0.25, -0.2) is 0 Å². The Morgan fingerprint density at radius 3 is 2.44 bits per heavy atom. The summed E-state index contributed by atoms with van der Waals surface area (Å²) in [5.74, 6) is 0.769. The minimum absolute atomic E-state index is 0.720. The highest BCUT2D eigenvalue weighted by Crippen LogP contribution is 2.25. The molecule has 1 aliphatic carbocycles. The van der Waals surface area contributed by atoms with E-state index in [1.165, 1.54) is 0 Å². The molecule has 2 rings (SSSR count). The van der Waals surface area contributed by atoms with Crippen LogP contribution in [0.5, 0.6) is 5.75 Å². The number of benzene rings is 1. The lowest BCUT2D eigenvalue weighted by Gasteiger charge is -2.21. The van der Waals surface area contributed by atoms with Crippen molar-refractivity contribution in [2.45, 2.75) is 12.2 Å². The molecule has 0 heterocycles. The molecule has 0 saturated heterocycles. The van der Waals surface area contributed by atoms with Crippen molar-refractivity contribution in [3.05, 3.63) is 48.1 Å². The van der Waals surface area contributed by atoms with Crippen molar-refractivity contribution >= 4 is 5.57 Å². The fourth-order valence-electron chi connectivity index (χ4n) is 1.71. The number of aliphatic hydroxyl groups is 2. The zero-order valence-corrected chi connectivity index (χ0v) is 9.00. The summed E-state index contributed by atoms with van der Waals surface area (Å²) in [7, 11) is 1.61. The van der Waals surface area contributed by atoms with Gasteiger partial charge in [-0.15, -0.1) is 0 Å². The van der Waals surface area contributed by atoms with Crippen molar-refractivity contribution in [1.82, 2.24) is 0 Å². The predicted molar refractivity (Wildman–Crippen MR) is 62.1 cm³/mol. The van der Waals surface area contributed by atoms with Crippen molar-refractivity contribution < 1.29 is 14.9 Å². The summed E-state index contributed by atoms with van der Waals surface area (Å²) >= 11 is 0. The summed E-state index contributed by atoms with van der Waals surface area (Å²) in [6.07, 6.45) is 3.42. The number of hydrogen-bond acceptors (Lipinski definition) is 3. The molecule has 3 heteroatoms. The lowest BCUT2D eigenvalue weighted by molar-refractivity contribution is 0.0859. The van der Waals surface area contributed by atoms with Gasteiger partial charge in [-0.1, -0.05) is 30.4 Å². The number of allylic oxidation sites excluding steroid dienone is 2. The molecule has 0 fully saturated rings. The fourth-order valence-corrected chi connectivity index (χ4v) is 1.71. The first-order valence-corrected chi connectivity index (χ1v) is 5.11. The Morgan fingerprint density at radius 1 is 1.12 bits per heavy atom. The van der Waals surface area contributed by atoms with Crippen molar-refractivity contribution in [2.75, 3.05) is 7.11 Å². The van der Waals surface area contributed by atoms with Gasteiger partial charge in [-0.3, -0.25) is 0 Å². The van der Waals surface area contributed by atoms with Gasteiger partial charge in [0.05, 0.1) is 7.11 Å². The Bertz CT molecular complexity index is 417. The van der Waals surface area contributed by atoms with Gasteiger partial charge in [0.25, 0.3) is 0 Å². The van der Waals surface area contributed by atoms with Crippen LogP contribution in [0.3, 0.4) is 0 Å². The summed E-state index contributed by atoms with van der Waals surface area (Å²) in [5.41, 5.74) is 1.61. The molecule has 0 spiro atoms. The number of rotatable bonds is 2. The van der Waals surface area contributed by atoms with Crippen molar-refractivity contribution in [3.63, 3.8) is 0 Å². The molecule has 0 saturated carbocycles. The fraction of sp³-hybridized carbons (Fsp3) is 0.231. The van der Waals surface area contributed by atoms with E-state index in [1.807, 2.05) is 24.3 Å². The minimum Gasteiger partial charge on any atom is -0.497 e. The molecule has 84 valence electrons. The molecule has 2 N–H and O–H groups in total. The molecule has 0 aromatic heterocycles. The Balaban J connectivity index is 2.29. The van der Waals surface area contributed by atoms with Crippen molar-refractivity contribution in [3.8, 4) is 5.75 Å². The zero-order chi connectivity index (χ0) is 11.5. The maximum Gasteiger partial charge on any atom is 0.118 e. The quantitative estimate of drug-likeness (QED) is 0.788. The second-order valence-electron chi connectivity index (χ2n) is 3.67. The monoisotopic (exact) mass is 218 g/mol. The normalized spacial score (nSPS) is 24.1. The van der Waals surface area contributed by atoms with Crippen LogP contribution in [0.4, 0.5) is 0 Å². The number of ether oxygens (including phenoxy) is 1. The van der Waals surface area contributed by atoms with Crippen LogP contribution in [-0.2, 0) is 0 Å². The van der Waals surface area contributed by atoms with Crippen LogP contribution in [0, 0.1) is 0 Å². The first-order valence-electron chi connectivity index (χ1n) is 5.11. The molecular formula is C13H14O3. The van der Waals surface area contributed by atoms with E-state index >= 15 is 0 Å². The molecule has 1 aromatic carbocycles. The molecule has 2 unspecified atom stereocenters. The van der Waals surface area contributed by atoms with E-state index in [0.717, 1.165) is 16.9 Å². The van der Waals surface area contributed by atoms with Gasteiger partial charge in [0.2, 0.25) is 0 Å². The second kappa shape index (κ2) is 4.51. The maximum atomic E-state index is 9.82. The highest BCUT2D eigenvalue weighted by Gasteiger charge is 2.21. The van der Waals surface area contributed by atoms with E-state index in [-0.39, 0.29) is 0 Å². The molecule has 0 bridgehead atoms. The first kappa shape index (κ1) is 10.9. The number of aliphatic hydroxyl groups excluding tert-OH is 2. The van der Waals surface area contributed by atoms with Gasteiger partial charge in [-0.2, -0.15) is 0 Å². The SMILES string of the molecule is COc1ccc(C2=CC=CC(O)C2O)cc1. The molecule has 1 aromatic rings. The Hall–Kier alpha value is -1.58. The van der Waals surface area contributed by atoms with Crippen molar-refractivity contribution in [2.24, 2.45) is 0 Å². The van der Waals surface area contributed by atoms with E-state index < -0.39 is 12.2 Å². The van der Waals surface area contributed by atoms with Crippen LogP contribution in [0.15, 0.2) is 42.5 Å². The lowest BCUT2D eigenvalue weighted by Crippen LogP contribution is -2.26. The average molecular weight is 218 g/mol. The predicted octanol–water partition coefficient (Wildman–Crippen LogP) is 1.37. The summed E-state index contributed by atoms with van der Waals surface area (Å²) in [6, 6.07) is 7.38. The molecule has 16 heavy (non-hydrogen) atoms. The molecule has 2 atom stereocenters. The molecule has 1 aliphatic rings. The zero-order valence-electron chi connectivity index (χ0n) is 9.00. The minimum atomic E-state index is -0.863. The third-order valence-corrected chi connectivity index (χ3v) is 2.65. The lowest BCUT2D eigenvalue weighted by atomic mass is 9.93. The molecule has 0 amide bonds. The van der Waals surface area contributed by atoms with Crippen LogP contribution in [0.1, 0.15) is 5.56 Å². The summed E-state index contributed by atoms with van der Waals surface area (Å²) in [4.78, 5) is 0. The second-order valence-corrected chi connectivity index (χ2v) is 3.67. The number of methoxy groups -OCH3 is 1. The third kappa shape index (κ3) is 2.01. The van der Waals surface area contributed by atoms with E-state index in [4.69, 9.17) is 4.74 Å². The highest BCUT2D eigenvalue weighted by molar-refractivity contribution is 5.72. The third-order valence-electron chi connectivity index (χ3n) is 2.65. The molecule has 3 nitrogen and oxygen atoms in total. The van der Waals surface area contributed by atoms with Gasteiger partial charge in [0.15, 0.2) is 0 Å². The van der Waals surface area contributed by atoms with Crippen LogP contribution < -0.4 is 4.74 Å². The maximum absolute atomic E-state index is 9.82. The van der Waals surface area contributed by atoms with Gasteiger partial charge in [0, 0.05) is 0 Å². The van der Waals surface area contributed by atoms with E-state index in [2.05, 4.69) is 0 Å². The van der Waals surface area contributed by atoms with Gasteiger partial charge in [-0.05, 0) is 23.3 Å². The standard InChI is InChI=1S/C13H14O3/c1-16-10-7-5-9(6-8-10)11-3-2-4-12(14)13(11)15/h2-8,12-15H,1H3. The highest BCUT2D eigenvalue weighted by atomic mass is 16.5. The van der Waals surface area contributed by atoms with Gasteiger partial charge in [0.1, 0.15) is 18.0 Å². The summed E-state index contributed by atoms with van der Waals surface area (Å²) in [5, 5.41) is 19.3. The van der Waals surface area contributed by atoms with Crippen molar-refractivity contribution in [1.29, 1.82) is 0 Å². The number of hydrogen-bond donors (Lipinski definition) is 2. The molecule has 0 aliphatic heterocycles. The Kier molecular flexibility index (Phi) is 3.08. The van der Waals surface area contributed by atoms with Crippen LogP contribution in [0.25, 0.3) is 5.57 Å². The van der Waals surface area contributed by atoms with E-state index in [0.29, 0.717) is 0 Å². The van der Waals surface area contributed by atoms with Crippen LogP contribution in [0.2, 0.25) is 0 Å². The average Bonchev–Trinajstić information content (AvgIpc) is 2.33. The largest absolute Gasteiger partial charge is 0.497 e. The Labute approximate surface area is 94.3 Å². The van der Waals surface area contributed by atoms with Crippen LogP contribution in [-0.4, -0.2) is 29.5 Å². The summed E-state index contributed by atoms with van der Waals surface area (Å²) < 4.78 is 5.06. The first-order chi connectivity index (χ1) is 7.72. The smallest absolute Gasteiger partial charge is 0.118 e. The topological polar surface area (TPSA) is 49.7 Å². The molecule has 0 radical (unpaired) electrons. The van der Waals surface area contributed by atoms with Crippen LogP contribution >= 0.6 is 0 Å². The molecular weight excluding hydrogens is 204 g/mol.